The van der Waals surface area contributed by atoms with Crippen molar-refractivity contribution in [3.8, 4) is 0 Å². The molecule has 3 saturated heterocycles. The summed E-state index contributed by atoms with van der Waals surface area (Å²) in [7, 11) is 0. The molecule has 0 saturated carbocycles. The van der Waals surface area contributed by atoms with Crippen LogP contribution in [0, 0.1) is 5.41 Å². The van der Waals surface area contributed by atoms with Crippen molar-refractivity contribution >= 4 is 17.5 Å². The molecule has 0 aromatic carbocycles. The van der Waals surface area contributed by atoms with E-state index in [9.17, 15) is 4.79 Å². The first kappa shape index (κ1) is 14.7. The van der Waals surface area contributed by atoms with Crippen molar-refractivity contribution in [1.82, 2.24) is 15.3 Å². The summed E-state index contributed by atoms with van der Waals surface area (Å²) in [5.74, 6) is 2.10. The second kappa shape index (κ2) is 5.96. The molecule has 1 amide bonds. The van der Waals surface area contributed by atoms with Gasteiger partial charge in [0.05, 0.1) is 18.6 Å². The van der Waals surface area contributed by atoms with E-state index in [1.54, 1.807) is 6.33 Å². The molecule has 23 heavy (non-hydrogen) atoms. The first-order valence-corrected chi connectivity index (χ1v) is 8.45. The Labute approximate surface area is 136 Å². The molecule has 1 N–H and O–H groups in total. The fourth-order valence-electron chi connectivity index (χ4n) is 3.86. The fourth-order valence-corrected chi connectivity index (χ4v) is 3.86. The zero-order chi connectivity index (χ0) is 15.7. The van der Waals surface area contributed by atoms with Crippen molar-refractivity contribution in [2.75, 3.05) is 55.7 Å². The third-order valence-corrected chi connectivity index (χ3v) is 5.25. The van der Waals surface area contributed by atoms with E-state index in [4.69, 9.17) is 4.74 Å². The minimum atomic E-state index is -0.220. The van der Waals surface area contributed by atoms with Crippen molar-refractivity contribution in [3.05, 3.63) is 12.4 Å². The molecule has 3 aliphatic heterocycles. The van der Waals surface area contributed by atoms with E-state index in [0.29, 0.717) is 0 Å². The highest BCUT2D eigenvalue weighted by Crippen LogP contribution is 2.39. The molecule has 0 aliphatic carbocycles. The number of nitrogens with one attached hydrogen (secondary N) is 1. The van der Waals surface area contributed by atoms with Crippen LogP contribution in [0.3, 0.4) is 0 Å². The van der Waals surface area contributed by atoms with Crippen molar-refractivity contribution in [2.45, 2.75) is 19.3 Å². The Morgan fingerprint density at radius 3 is 2.65 bits per heavy atom. The quantitative estimate of drug-likeness (QED) is 0.852. The van der Waals surface area contributed by atoms with Crippen LogP contribution in [0.5, 0.6) is 0 Å². The number of morpholine rings is 1. The van der Waals surface area contributed by atoms with E-state index in [1.807, 2.05) is 6.07 Å². The van der Waals surface area contributed by atoms with Gasteiger partial charge in [-0.1, -0.05) is 0 Å². The number of ether oxygens (including phenoxy) is 1. The number of hydrogen-bond donors (Lipinski definition) is 1. The maximum absolute atomic E-state index is 12.3. The Balaban J connectivity index is 1.51. The Hall–Kier alpha value is -1.89. The lowest BCUT2D eigenvalue weighted by atomic mass is 9.79. The van der Waals surface area contributed by atoms with Gasteiger partial charge < -0.3 is 19.9 Å². The molecular formula is C16H23N5O2. The number of aromatic nitrogens is 2. The SMILES string of the molecule is O=C1NCCCC12CCN(c1cc(N3CCOCC3)ncn1)C2. The largest absolute Gasteiger partial charge is 0.378 e. The molecule has 124 valence electrons. The van der Waals surface area contributed by atoms with Crippen LogP contribution >= 0.6 is 0 Å². The van der Waals surface area contributed by atoms with Crippen molar-refractivity contribution in [3.63, 3.8) is 0 Å². The van der Waals surface area contributed by atoms with Gasteiger partial charge in [-0.25, -0.2) is 9.97 Å². The maximum Gasteiger partial charge on any atom is 0.228 e. The van der Waals surface area contributed by atoms with Gasteiger partial charge in [-0.15, -0.1) is 0 Å². The summed E-state index contributed by atoms with van der Waals surface area (Å²) < 4.78 is 5.40. The number of amides is 1. The van der Waals surface area contributed by atoms with Crippen LogP contribution in [0.2, 0.25) is 0 Å². The summed E-state index contributed by atoms with van der Waals surface area (Å²) in [5, 5.41) is 3.03. The van der Waals surface area contributed by atoms with Gasteiger partial charge in [0.1, 0.15) is 18.0 Å². The lowest BCUT2D eigenvalue weighted by Crippen LogP contribution is -2.47. The fraction of sp³-hybridized carbons (Fsp3) is 0.688. The van der Waals surface area contributed by atoms with Crippen molar-refractivity contribution < 1.29 is 9.53 Å². The molecule has 7 heteroatoms. The summed E-state index contributed by atoms with van der Waals surface area (Å²) in [6.07, 6.45) is 4.60. The van der Waals surface area contributed by atoms with Crippen LogP contribution in [-0.2, 0) is 9.53 Å². The summed E-state index contributed by atoms with van der Waals surface area (Å²) >= 11 is 0. The highest BCUT2D eigenvalue weighted by atomic mass is 16.5. The Bertz CT molecular complexity index is 590. The van der Waals surface area contributed by atoms with Crippen molar-refractivity contribution in [1.29, 1.82) is 0 Å². The molecule has 7 nitrogen and oxygen atoms in total. The molecule has 1 aromatic heterocycles. The summed E-state index contributed by atoms with van der Waals surface area (Å²) in [5.41, 5.74) is -0.220. The van der Waals surface area contributed by atoms with Crippen LogP contribution in [0.25, 0.3) is 0 Å². The highest BCUT2D eigenvalue weighted by Gasteiger charge is 2.46. The summed E-state index contributed by atoms with van der Waals surface area (Å²) in [6.45, 7) is 5.67. The smallest absolute Gasteiger partial charge is 0.228 e. The number of carbonyl (C=O) groups is 1. The van der Waals surface area contributed by atoms with E-state index in [-0.39, 0.29) is 11.3 Å². The van der Waals surface area contributed by atoms with Gasteiger partial charge in [-0.2, -0.15) is 0 Å². The predicted octanol–water partition coefficient (Wildman–Crippen LogP) is 0.420. The highest BCUT2D eigenvalue weighted by molar-refractivity contribution is 5.84. The number of rotatable bonds is 2. The average Bonchev–Trinajstić information content (AvgIpc) is 3.04. The molecule has 3 aliphatic rings. The van der Waals surface area contributed by atoms with Gasteiger partial charge in [0.2, 0.25) is 5.91 Å². The van der Waals surface area contributed by atoms with Gasteiger partial charge in [0.25, 0.3) is 0 Å². The zero-order valence-corrected chi connectivity index (χ0v) is 13.3. The van der Waals surface area contributed by atoms with Gasteiger partial charge >= 0.3 is 0 Å². The minimum Gasteiger partial charge on any atom is -0.378 e. The molecule has 4 rings (SSSR count). The summed E-state index contributed by atoms with van der Waals surface area (Å²) in [6, 6.07) is 2.05. The third kappa shape index (κ3) is 2.73. The molecule has 1 spiro atoms. The van der Waals surface area contributed by atoms with E-state index >= 15 is 0 Å². The van der Waals surface area contributed by atoms with Crippen molar-refractivity contribution in [2.24, 2.45) is 5.41 Å². The molecule has 3 fully saturated rings. The second-order valence-electron chi connectivity index (χ2n) is 6.65. The Morgan fingerprint density at radius 2 is 1.87 bits per heavy atom. The Morgan fingerprint density at radius 1 is 1.09 bits per heavy atom. The van der Waals surface area contributed by atoms with Gasteiger partial charge in [-0.05, 0) is 19.3 Å². The van der Waals surface area contributed by atoms with Gasteiger partial charge in [0, 0.05) is 38.8 Å². The lowest BCUT2D eigenvalue weighted by Gasteiger charge is -2.32. The lowest BCUT2D eigenvalue weighted by molar-refractivity contribution is -0.132. The number of anilines is 2. The molecule has 1 atom stereocenters. The van der Waals surface area contributed by atoms with Crippen LogP contribution in [-0.4, -0.2) is 61.8 Å². The van der Waals surface area contributed by atoms with Crippen LogP contribution in [0.1, 0.15) is 19.3 Å². The van der Waals surface area contributed by atoms with Gasteiger partial charge in [-0.3, -0.25) is 4.79 Å². The van der Waals surface area contributed by atoms with E-state index in [1.165, 1.54) is 0 Å². The van der Waals surface area contributed by atoms with Crippen LogP contribution in [0.4, 0.5) is 11.6 Å². The maximum atomic E-state index is 12.3. The molecule has 0 bridgehead atoms. The molecule has 0 radical (unpaired) electrons. The molecular weight excluding hydrogens is 294 g/mol. The van der Waals surface area contributed by atoms with E-state index < -0.39 is 0 Å². The first-order valence-electron chi connectivity index (χ1n) is 8.45. The topological polar surface area (TPSA) is 70.6 Å². The van der Waals surface area contributed by atoms with E-state index in [2.05, 4.69) is 25.1 Å². The first-order chi connectivity index (χ1) is 11.3. The monoisotopic (exact) mass is 317 g/mol. The minimum absolute atomic E-state index is 0.216. The molecule has 1 aromatic rings. The third-order valence-electron chi connectivity index (χ3n) is 5.25. The predicted molar refractivity (Wildman–Crippen MR) is 86.6 cm³/mol. The molecule has 4 heterocycles. The number of hydrogen-bond acceptors (Lipinski definition) is 6. The number of nitrogens with zero attached hydrogens (tertiary/aromatic N) is 4. The van der Waals surface area contributed by atoms with E-state index in [0.717, 1.165) is 76.8 Å². The van der Waals surface area contributed by atoms with Crippen LogP contribution in [0.15, 0.2) is 12.4 Å². The second-order valence-corrected chi connectivity index (χ2v) is 6.65. The summed E-state index contributed by atoms with van der Waals surface area (Å²) in [4.78, 5) is 25.6. The van der Waals surface area contributed by atoms with Crippen LogP contribution < -0.4 is 15.1 Å². The standard InChI is InChI=1S/C16H23N5O2/c22-15-16(2-1-4-17-15)3-5-21(11-16)14-10-13(18-12-19-14)20-6-8-23-9-7-20/h10,12H,1-9,11H2,(H,17,22). The zero-order valence-electron chi connectivity index (χ0n) is 13.3. The number of piperidine rings is 1. The average molecular weight is 317 g/mol. The Kier molecular flexibility index (Phi) is 3.80. The van der Waals surface area contributed by atoms with Gasteiger partial charge in [0.15, 0.2) is 0 Å². The molecule has 1 unspecified atom stereocenters. The number of carbonyl (C=O) groups excluding carboxylic acids is 1. The normalized spacial score (nSPS) is 28.3.